The van der Waals surface area contributed by atoms with Gasteiger partial charge in [0.15, 0.2) is 6.10 Å². The van der Waals surface area contributed by atoms with Crippen molar-refractivity contribution in [1.29, 1.82) is 0 Å². The standard InChI is InChI=1S/C32H47N3O6S.C6H14.2C2H6.CH3NO/c1-9-21(4)15-29(37)35(7)27(20(2)3)18-28(41-23(6)36)31-34-26(19-42-31)30(38)33-25(16-22(5)32(39)40-8)17-24-13-11-10-12-14-24;1-4-6(3)5-2;2*1-2;2-1-3/h10-14,19-22,25,27-28H,9,15-18H2,1-8H3,(H,33,38);6H,4-5H2,1-3H3;2*1-2H3;1H,(H2,2,3). The Kier molecular flexibility index (Phi) is 33.9. The molecular formula is C43H76N4O7S. The molecule has 1 aromatic heterocycles. The van der Waals surface area contributed by atoms with Gasteiger partial charge in [0.2, 0.25) is 12.3 Å². The fraction of sp³-hybridized carbons (Fsp3) is 0.674. The number of nitrogens with zero attached hydrogens (tertiary/aromatic N) is 2. The summed E-state index contributed by atoms with van der Waals surface area (Å²) in [6.07, 6.45) is 4.87. The van der Waals surface area contributed by atoms with Crippen LogP contribution in [0.4, 0.5) is 0 Å². The van der Waals surface area contributed by atoms with E-state index in [-0.39, 0.29) is 53.8 Å². The molecule has 12 heteroatoms. The number of ether oxygens (including phenoxy) is 2. The normalized spacial score (nSPS) is 12.8. The van der Waals surface area contributed by atoms with Gasteiger partial charge in [-0.1, -0.05) is 133 Å². The van der Waals surface area contributed by atoms with E-state index in [4.69, 9.17) is 14.3 Å². The number of amides is 3. The highest BCUT2D eigenvalue weighted by molar-refractivity contribution is 7.09. The molecule has 0 fully saturated rings. The van der Waals surface area contributed by atoms with Crippen molar-refractivity contribution in [3.05, 3.63) is 52.0 Å². The molecule has 0 aliphatic heterocycles. The third kappa shape index (κ3) is 24.4. The maximum absolute atomic E-state index is 13.3. The largest absolute Gasteiger partial charge is 0.469 e. The van der Waals surface area contributed by atoms with Crippen molar-refractivity contribution < 1.29 is 33.4 Å². The van der Waals surface area contributed by atoms with E-state index in [0.717, 1.165) is 17.9 Å². The number of hydrogen-bond acceptors (Lipinski definition) is 9. The quantitative estimate of drug-likeness (QED) is 0.112. The molecule has 3 amide bonds. The lowest BCUT2D eigenvalue weighted by Crippen LogP contribution is -2.42. The molecular weight excluding hydrogens is 717 g/mol. The molecule has 5 unspecified atom stereocenters. The predicted molar refractivity (Wildman–Crippen MR) is 227 cm³/mol. The lowest BCUT2D eigenvalue weighted by molar-refractivity contribution is -0.148. The minimum atomic E-state index is -0.709. The van der Waals surface area contributed by atoms with Crippen LogP contribution < -0.4 is 11.1 Å². The van der Waals surface area contributed by atoms with Gasteiger partial charge in [0.25, 0.3) is 5.91 Å². The van der Waals surface area contributed by atoms with Gasteiger partial charge in [0.05, 0.1) is 13.0 Å². The van der Waals surface area contributed by atoms with Crippen molar-refractivity contribution in [2.24, 2.45) is 29.4 Å². The van der Waals surface area contributed by atoms with Crippen LogP contribution in [0.25, 0.3) is 0 Å². The van der Waals surface area contributed by atoms with Crippen LogP contribution in [0, 0.1) is 23.7 Å². The molecule has 1 heterocycles. The highest BCUT2D eigenvalue weighted by Gasteiger charge is 2.31. The lowest BCUT2D eigenvalue weighted by atomic mass is 9.95. The maximum atomic E-state index is 13.3. The summed E-state index contributed by atoms with van der Waals surface area (Å²) < 4.78 is 10.6. The number of thiazole rings is 1. The SMILES string of the molecule is CC.CC.CCC(C)CC.CCC(C)CC(=O)N(C)C(CC(OC(C)=O)c1nc(C(=O)NC(Cc2ccccc2)CC(C)C(=O)OC)cs1)C(C)C.NC=O. The van der Waals surface area contributed by atoms with E-state index in [2.05, 4.69) is 50.7 Å². The third-order valence-corrected chi connectivity index (χ3v) is 9.91. The Hall–Kier alpha value is -3.80. The molecule has 0 aliphatic rings. The first-order valence-corrected chi connectivity index (χ1v) is 20.9. The van der Waals surface area contributed by atoms with Crippen LogP contribution in [0.15, 0.2) is 35.7 Å². The van der Waals surface area contributed by atoms with Crippen molar-refractivity contribution in [3.8, 4) is 0 Å². The number of hydrogen-bond donors (Lipinski definition) is 2. The Morgan fingerprint density at radius 3 is 1.87 bits per heavy atom. The molecule has 0 saturated carbocycles. The molecule has 0 spiro atoms. The summed E-state index contributed by atoms with van der Waals surface area (Å²) in [7, 11) is 3.15. The number of rotatable bonds is 18. The molecule has 55 heavy (non-hydrogen) atoms. The summed E-state index contributed by atoms with van der Waals surface area (Å²) in [6, 6.07) is 9.21. The first-order valence-electron chi connectivity index (χ1n) is 20.0. The van der Waals surface area contributed by atoms with Gasteiger partial charge < -0.3 is 25.4 Å². The summed E-state index contributed by atoms with van der Waals surface area (Å²) in [6.45, 7) is 26.0. The molecule has 316 valence electrons. The topological polar surface area (TPSA) is 158 Å². The zero-order valence-corrected chi connectivity index (χ0v) is 37.6. The minimum Gasteiger partial charge on any atom is -0.469 e. The number of nitrogens with two attached hydrogens (primary N) is 1. The van der Waals surface area contributed by atoms with E-state index >= 15 is 0 Å². The fourth-order valence-corrected chi connectivity index (χ4v) is 6.01. The lowest BCUT2D eigenvalue weighted by Gasteiger charge is -2.34. The Labute approximate surface area is 337 Å². The van der Waals surface area contributed by atoms with Gasteiger partial charge >= 0.3 is 11.9 Å². The first-order chi connectivity index (χ1) is 26.1. The highest BCUT2D eigenvalue weighted by Crippen LogP contribution is 2.31. The van der Waals surface area contributed by atoms with Crippen LogP contribution in [0.1, 0.15) is 156 Å². The molecule has 2 rings (SSSR count). The molecule has 0 aliphatic carbocycles. The van der Waals surface area contributed by atoms with Crippen LogP contribution in [0.5, 0.6) is 0 Å². The van der Waals surface area contributed by atoms with E-state index < -0.39 is 18.0 Å². The van der Waals surface area contributed by atoms with Crippen molar-refractivity contribution >= 4 is 41.5 Å². The second-order valence-corrected chi connectivity index (χ2v) is 14.4. The van der Waals surface area contributed by atoms with Crippen LogP contribution in [-0.2, 0) is 35.1 Å². The second-order valence-electron chi connectivity index (χ2n) is 13.5. The summed E-state index contributed by atoms with van der Waals surface area (Å²) in [5.41, 5.74) is 5.40. The van der Waals surface area contributed by atoms with Crippen LogP contribution in [0.2, 0.25) is 0 Å². The van der Waals surface area contributed by atoms with Gasteiger partial charge in [-0.2, -0.15) is 0 Å². The number of aromatic nitrogens is 1. The number of nitrogens with one attached hydrogen (secondary N) is 1. The van der Waals surface area contributed by atoms with Crippen LogP contribution in [-0.4, -0.2) is 66.3 Å². The van der Waals surface area contributed by atoms with Gasteiger partial charge in [0.1, 0.15) is 10.7 Å². The summed E-state index contributed by atoms with van der Waals surface area (Å²) in [4.78, 5) is 65.4. The van der Waals surface area contributed by atoms with E-state index in [9.17, 15) is 19.2 Å². The predicted octanol–water partition coefficient (Wildman–Crippen LogP) is 9.19. The number of methoxy groups -OCH3 is 1. The maximum Gasteiger partial charge on any atom is 0.308 e. The molecule has 2 aromatic rings. The zero-order chi connectivity index (χ0) is 43.1. The second kappa shape index (κ2) is 33.5. The first kappa shape index (κ1) is 55.5. The molecule has 5 atom stereocenters. The van der Waals surface area contributed by atoms with Crippen molar-refractivity contribution in [1.82, 2.24) is 15.2 Å². The van der Waals surface area contributed by atoms with E-state index in [1.54, 1.807) is 24.3 Å². The Morgan fingerprint density at radius 1 is 0.909 bits per heavy atom. The number of carbonyl (C=O) groups excluding carboxylic acids is 5. The monoisotopic (exact) mass is 793 g/mol. The van der Waals surface area contributed by atoms with Gasteiger partial charge in [-0.05, 0) is 36.2 Å². The summed E-state index contributed by atoms with van der Waals surface area (Å²) >= 11 is 1.24. The minimum absolute atomic E-state index is 0.0504. The summed E-state index contributed by atoms with van der Waals surface area (Å²) in [5, 5.41) is 5.17. The molecule has 0 radical (unpaired) electrons. The Morgan fingerprint density at radius 2 is 1.44 bits per heavy atom. The molecule has 1 aromatic carbocycles. The van der Waals surface area contributed by atoms with Crippen molar-refractivity contribution in [3.63, 3.8) is 0 Å². The highest BCUT2D eigenvalue weighted by atomic mass is 32.1. The number of esters is 2. The van der Waals surface area contributed by atoms with Crippen LogP contribution >= 0.6 is 11.3 Å². The van der Waals surface area contributed by atoms with Gasteiger partial charge in [-0.3, -0.25) is 24.0 Å². The zero-order valence-electron chi connectivity index (χ0n) is 36.8. The van der Waals surface area contributed by atoms with E-state index in [1.165, 1.54) is 38.2 Å². The average Bonchev–Trinajstić information content (AvgIpc) is 3.68. The van der Waals surface area contributed by atoms with Gasteiger partial charge in [-0.25, -0.2) is 4.98 Å². The van der Waals surface area contributed by atoms with Gasteiger partial charge in [0, 0.05) is 44.3 Å². The number of primary amides is 1. The van der Waals surface area contributed by atoms with Crippen LogP contribution in [0.3, 0.4) is 0 Å². The molecule has 3 N–H and O–H groups in total. The van der Waals surface area contributed by atoms with Gasteiger partial charge in [-0.15, -0.1) is 11.3 Å². The van der Waals surface area contributed by atoms with E-state index in [1.807, 2.05) is 71.9 Å². The molecule has 11 nitrogen and oxygen atoms in total. The Bertz CT molecular complexity index is 1300. The third-order valence-electron chi connectivity index (χ3n) is 8.97. The fourth-order valence-electron chi connectivity index (χ4n) is 5.17. The van der Waals surface area contributed by atoms with E-state index in [0.29, 0.717) is 30.7 Å². The Balaban J connectivity index is -0.00000181. The molecule has 0 saturated heterocycles. The van der Waals surface area contributed by atoms with Crippen molar-refractivity contribution in [2.45, 2.75) is 153 Å². The smallest absolute Gasteiger partial charge is 0.308 e. The number of benzene rings is 1. The molecule has 0 bridgehead atoms. The summed E-state index contributed by atoms with van der Waals surface area (Å²) in [5.74, 6) is -0.216. The average molecular weight is 793 g/mol. The number of carbonyl (C=O) groups is 5. The van der Waals surface area contributed by atoms with Crippen molar-refractivity contribution in [2.75, 3.05) is 14.2 Å².